The monoisotopic (exact) mass is 568 g/mol. The SMILES string of the molecule is CCOP(=O)(CCCC[N+]1(C)CCCC1C1CCC[N+](C)(CCCP(=O)(OCC)OCC)CC1)OCC. The van der Waals surface area contributed by atoms with Crippen LogP contribution in [0.2, 0.25) is 0 Å². The number of unbranched alkanes of at least 4 members (excludes halogenated alkanes) is 1. The van der Waals surface area contributed by atoms with E-state index < -0.39 is 15.2 Å². The number of nitrogens with zero attached hydrogens (tertiary/aromatic N) is 2. The fraction of sp³-hybridized carbons (Fsp3) is 1.00. The molecule has 0 saturated carbocycles. The summed E-state index contributed by atoms with van der Waals surface area (Å²) in [5.41, 5.74) is 0. The van der Waals surface area contributed by atoms with Gasteiger partial charge >= 0.3 is 15.2 Å². The molecule has 0 amide bonds. The van der Waals surface area contributed by atoms with E-state index in [9.17, 15) is 9.13 Å². The Bertz CT molecular complexity index is 736. The number of likely N-dealkylation sites (tertiary alicyclic amines) is 2. The third-order valence-corrected chi connectivity index (χ3v) is 12.9. The van der Waals surface area contributed by atoms with Crippen LogP contribution < -0.4 is 0 Å². The highest BCUT2D eigenvalue weighted by Crippen LogP contribution is 2.49. The predicted molar refractivity (Wildman–Crippen MR) is 152 cm³/mol. The first-order chi connectivity index (χ1) is 17.6. The second-order valence-electron chi connectivity index (χ2n) is 11.5. The van der Waals surface area contributed by atoms with Crippen LogP contribution in [0.25, 0.3) is 0 Å². The molecule has 0 aromatic carbocycles. The molecule has 0 aromatic heterocycles. The molecule has 4 unspecified atom stereocenters. The van der Waals surface area contributed by atoms with Gasteiger partial charge in [0, 0.05) is 31.6 Å². The lowest BCUT2D eigenvalue weighted by molar-refractivity contribution is -0.926. The van der Waals surface area contributed by atoms with Gasteiger partial charge in [-0.05, 0) is 53.4 Å². The van der Waals surface area contributed by atoms with Crippen molar-refractivity contribution in [2.75, 3.05) is 85.6 Å². The van der Waals surface area contributed by atoms with E-state index in [1.807, 2.05) is 27.7 Å². The van der Waals surface area contributed by atoms with Crippen LogP contribution >= 0.6 is 15.2 Å². The highest BCUT2D eigenvalue weighted by molar-refractivity contribution is 7.54. The molecule has 10 heteroatoms. The number of hydrogen-bond donors (Lipinski definition) is 0. The Kier molecular flexibility index (Phi) is 14.3. The summed E-state index contributed by atoms with van der Waals surface area (Å²) >= 11 is 0. The zero-order valence-corrected chi connectivity index (χ0v) is 26.6. The standard InChI is InChI=1S/C27H58N2O6P2/c1-7-32-36(30,33-8-2)24-12-11-21-29(6)22-14-17-27(29)26-16-13-19-28(5,23-18-26)20-15-25-37(31,34-9-3)35-10-4/h26-27H,7-25H2,1-6H3/q+2. The maximum Gasteiger partial charge on any atom is 0.330 e. The van der Waals surface area contributed by atoms with Gasteiger partial charge in [0.2, 0.25) is 0 Å². The van der Waals surface area contributed by atoms with Crippen molar-refractivity contribution < 1.29 is 36.2 Å². The van der Waals surface area contributed by atoms with Crippen LogP contribution in [0.3, 0.4) is 0 Å². The molecule has 0 radical (unpaired) electrons. The molecular formula is C27H58N2O6P2+2. The van der Waals surface area contributed by atoms with Crippen LogP contribution in [0.15, 0.2) is 0 Å². The molecule has 2 aliphatic rings. The Morgan fingerprint density at radius 1 is 0.649 bits per heavy atom. The van der Waals surface area contributed by atoms with E-state index in [1.165, 1.54) is 51.7 Å². The Hall–Kier alpha value is 0.220. The fourth-order valence-electron chi connectivity index (χ4n) is 6.78. The fourth-order valence-corrected chi connectivity index (χ4v) is 10.2. The Morgan fingerprint density at radius 3 is 1.76 bits per heavy atom. The average Bonchev–Trinajstić information content (AvgIpc) is 3.10. The Morgan fingerprint density at radius 2 is 1.19 bits per heavy atom. The summed E-state index contributed by atoms with van der Waals surface area (Å²) in [4.78, 5) is 0. The lowest BCUT2D eigenvalue weighted by Gasteiger charge is -2.40. The van der Waals surface area contributed by atoms with E-state index in [-0.39, 0.29) is 0 Å². The van der Waals surface area contributed by atoms with Crippen LogP contribution in [-0.2, 0) is 27.2 Å². The van der Waals surface area contributed by atoms with Crippen LogP contribution in [0.5, 0.6) is 0 Å². The molecule has 2 fully saturated rings. The summed E-state index contributed by atoms with van der Waals surface area (Å²) in [6, 6.07) is 0.730. The Balaban J connectivity index is 1.87. The topological polar surface area (TPSA) is 71.1 Å². The van der Waals surface area contributed by atoms with Crippen molar-refractivity contribution in [1.29, 1.82) is 0 Å². The maximum absolute atomic E-state index is 12.9. The van der Waals surface area contributed by atoms with Gasteiger partial charge in [0.15, 0.2) is 0 Å². The molecule has 0 aliphatic carbocycles. The smallest absolute Gasteiger partial charge is 0.326 e. The zero-order chi connectivity index (χ0) is 27.4. The van der Waals surface area contributed by atoms with Crippen molar-refractivity contribution in [1.82, 2.24) is 0 Å². The molecule has 0 spiro atoms. The molecule has 0 N–H and O–H groups in total. The van der Waals surface area contributed by atoms with Gasteiger partial charge in [-0.1, -0.05) is 0 Å². The summed E-state index contributed by atoms with van der Waals surface area (Å²) in [7, 11) is -1.05. The zero-order valence-electron chi connectivity index (χ0n) is 24.8. The molecule has 2 aliphatic heterocycles. The van der Waals surface area contributed by atoms with Crippen LogP contribution in [0.1, 0.15) is 79.1 Å². The van der Waals surface area contributed by atoms with Gasteiger partial charge in [-0.3, -0.25) is 9.13 Å². The number of hydrogen-bond acceptors (Lipinski definition) is 6. The predicted octanol–water partition coefficient (Wildman–Crippen LogP) is 6.54. The van der Waals surface area contributed by atoms with Crippen LogP contribution in [0, 0.1) is 5.92 Å². The van der Waals surface area contributed by atoms with Crippen molar-refractivity contribution in [3.63, 3.8) is 0 Å². The average molecular weight is 569 g/mol. The molecule has 0 aromatic rings. The van der Waals surface area contributed by atoms with Gasteiger partial charge in [-0.15, -0.1) is 0 Å². The summed E-state index contributed by atoms with van der Waals surface area (Å²) in [5.74, 6) is 0.767. The summed E-state index contributed by atoms with van der Waals surface area (Å²) < 4.78 is 49.9. The minimum absolute atomic E-state index is 0.432. The first kappa shape index (κ1) is 33.4. The largest absolute Gasteiger partial charge is 0.330 e. The summed E-state index contributed by atoms with van der Waals surface area (Å²) in [6.45, 7) is 15.1. The first-order valence-electron chi connectivity index (χ1n) is 15.0. The first-order valence-corrected chi connectivity index (χ1v) is 18.5. The highest BCUT2D eigenvalue weighted by atomic mass is 31.2. The lowest BCUT2D eigenvalue weighted by atomic mass is 9.89. The van der Waals surface area contributed by atoms with Gasteiger partial charge in [0.05, 0.1) is 91.6 Å². The molecule has 220 valence electrons. The van der Waals surface area contributed by atoms with Crippen molar-refractivity contribution >= 4 is 15.2 Å². The van der Waals surface area contributed by atoms with Gasteiger partial charge in [0.1, 0.15) is 0 Å². The molecule has 8 nitrogen and oxygen atoms in total. The maximum atomic E-state index is 12.9. The van der Waals surface area contributed by atoms with Crippen molar-refractivity contribution in [3.8, 4) is 0 Å². The van der Waals surface area contributed by atoms with E-state index in [2.05, 4.69) is 14.1 Å². The number of rotatable bonds is 18. The van der Waals surface area contributed by atoms with Crippen LogP contribution in [0.4, 0.5) is 0 Å². The minimum atomic E-state index is -2.95. The molecule has 4 atom stereocenters. The number of quaternary nitrogens is 2. The highest BCUT2D eigenvalue weighted by Gasteiger charge is 2.44. The van der Waals surface area contributed by atoms with E-state index in [1.54, 1.807) is 0 Å². The molecule has 0 bridgehead atoms. The molecule has 37 heavy (non-hydrogen) atoms. The summed E-state index contributed by atoms with van der Waals surface area (Å²) in [5, 5.41) is 0. The molecule has 2 saturated heterocycles. The van der Waals surface area contributed by atoms with Gasteiger partial charge in [0.25, 0.3) is 0 Å². The molecular weight excluding hydrogens is 510 g/mol. The third kappa shape index (κ3) is 10.6. The molecule has 2 heterocycles. The lowest BCUT2D eigenvalue weighted by Crippen LogP contribution is -2.52. The van der Waals surface area contributed by atoms with Crippen LogP contribution in [-0.4, -0.2) is 101 Å². The van der Waals surface area contributed by atoms with Crippen molar-refractivity contribution in [2.24, 2.45) is 5.92 Å². The van der Waals surface area contributed by atoms with Gasteiger partial charge in [-0.2, -0.15) is 0 Å². The van der Waals surface area contributed by atoms with E-state index in [0.717, 1.165) is 53.3 Å². The third-order valence-electron chi connectivity index (χ3n) is 8.61. The normalized spacial score (nSPS) is 29.5. The second-order valence-corrected chi connectivity index (χ2v) is 15.9. The van der Waals surface area contributed by atoms with E-state index in [0.29, 0.717) is 38.8 Å². The Labute approximate surface area is 228 Å². The minimum Gasteiger partial charge on any atom is -0.326 e. The van der Waals surface area contributed by atoms with Crippen molar-refractivity contribution in [2.45, 2.75) is 85.1 Å². The van der Waals surface area contributed by atoms with E-state index in [4.69, 9.17) is 18.1 Å². The second kappa shape index (κ2) is 15.9. The summed E-state index contributed by atoms with van der Waals surface area (Å²) in [6.07, 6.45) is 10.4. The molecule has 2 rings (SSSR count). The van der Waals surface area contributed by atoms with Gasteiger partial charge < -0.3 is 27.1 Å². The van der Waals surface area contributed by atoms with Crippen molar-refractivity contribution in [3.05, 3.63) is 0 Å². The quantitative estimate of drug-likeness (QED) is 0.106. The van der Waals surface area contributed by atoms with E-state index >= 15 is 0 Å². The van der Waals surface area contributed by atoms with Gasteiger partial charge in [-0.25, -0.2) is 0 Å².